The molecule has 1 nitrogen and oxygen atoms in total. The molecule has 0 aromatic heterocycles. The summed E-state index contributed by atoms with van der Waals surface area (Å²) in [6.07, 6.45) is -2.99. The highest BCUT2D eigenvalue weighted by Gasteiger charge is 2.33. The van der Waals surface area contributed by atoms with E-state index in [1.165, 1.54) is 6.07 Å². The van der Waals surface area contributed by atoms with Crippen LogP contribution in [0.25, 0.3) is 0 Å². The summed E-state index contributed by atoms with van der Waals surface area (Å²) in [5.41, 5.74) is 4.50. The third-order valence-electron chi connectivity index (χ3n) is 2.28. The van der Waals surface area contributed by atoms with E-state index in [9.17, 15) is 17.6 Å². The summed E-state index contributed by atoms with van der Waals surface area (Å²) in [6.45, 7) is 0.447. The molecule has 0 heterocycles. The molecule has 0 bridgehead atoms. The summed E-state index contributed by atoms with van der Waals surface area (Å²) >= 11 is 0. The fraction of sp³-hybridized carbons (Fsp3) is 0.455. The van der Waals surface area contributed by atoms with Gasteiger partial charge in [0.15, 0.2) is 0 Å². The van der Waals surface area contributed by atoms with Gasteiger partial charge in [-0.3, -0.25) is 0 Å². The van der Waals surface area contributed by atoms with Crippen LogP contribution in [-0.2, 0) is 12.6 Å². The predicted octanol–water partition coefficient (Wildman–Crippen LogP) is 3.13. The molecule has 90 valence electrons. The Hall–Kier alpha value is -1.10. The van der Waals surface area contributed by atoms with Crippen molar-refractivity contribution in [1.82, 2.24) is 0 Å². The Labute approximate surface area is 91.3 Å². The minimum Gasteiger partial charge on any atom is -0.330 e. The van der Waals surface area contributed by atoms with Crippen LogP contribution in [-0.4, -0.2) is 6.54 Å². The standard InChI is InChI=1S/C11H13F4N/c12-9-5-4-8(3-1-2-6-16)10(7-9)11(13,14)15/h4-5,7H,1-3,6,16H2. The normalized spacial score (nSPS) is 11.8. The zero-order valence-electron chi connectivity index (χ0n) is 8.65. The van der Waals surface area contributed by atoms with Gasteiger partial charge in [0, 0.05) is 0 Å². The Morgan fingerprint density at radius 1 is 1.12 bits per heavy atom. The monoisotopic (exact) mass is 235 g/mol. The van der Waals surface area contributed by atoms with Crippen molar-refractivity contribution in [2.24, 2.45) is 5.73 Å². The number of hydrogen-bond acceptors (Lipinski definition) is 1. The second-order valence-electron chi connectivity index (χ2n) is 3.55. The SMILES string of the molecule is NCCCCc1ccc(F)cc1C(F)(F)F. The van der Waals surface area contributed by atoms with Gasteiger partial charge >= 0.3 is 6.18 Å². The minimum atomic E-state index is -4.50. The van der Waals surface area contributed by atoms with E-state index in [1.807, 2.05) is 0 Å². The zero-order chi connectivity index (χ0) is 12.2. The number of rotatable bonds is 4. The van der Waals surface area contributed by atoms with Crippen LogP contribution in [0.1, 0.15) is 24.0 Å². The van der Waals surface area contributed by atoms with Crippen molar-refractivity contribution in [3.05, 3.63) is 35.1 Å². The lowest BCUT2D eigenvalue weighted by Gasteiger charge is -2.12. The smallest absolute Gasteiger partial charge is 0.330 e. The van der Waals surface area contributed by atoms with Crippen LogP contribution in [0, 0.1) is 5.82 Å². The lowest BCUT2D eigenvalue weighted by molar-refractivity contribution is -0.138. The average Bonchev–Trinajstić information content (AvgIpc) is 2.19. The molecular formula is C11H13F4N. The molecular weight excluding hydrogens is 222 g/mol. The highest BCUT2D eigenvalue weighted by Crippen LogP contribution is 2.33. The summed E-state index contributed by atoms with van der Waals surface area (Å²) in [4.78, 5) is 0. The molecule has 0 fully saturated rings. The van der Waals surface area contributed by atoms with Crippen molar-refractivity contribution in [3.63, 3.8) is 0 Å². The van der Waals surface area contributed by atoms with Gasteiger partial charge in [0.1, 0.15) is 5.82 Å². The van der Waals surface area contributed by atoms with Gasteiger partial charge in [-0.2, -0.15) is 13.2 Å². The molecule has 0 aliphatic rings. The average molecular weight is 235 g/mol. The van der Waals surface area contributed by atoms with Crippen LogP contribution in [0.4, 0.5) is 17.6 Å². The lowest BCUT2D eigenvalue weighted by atomic mass is 10.0. The molecule has 0 radical (unpaired) electrons. The maximum Gasteiger partial charge on any atom is 0.416 e. The molecule has 0 saturated heterocycles. The number of halogens is 4. The second-order valence-corrected chi connectivity index (χ2v) is 3.55. The van der Waals surface area contributed by atoms with E-state index in [4.69, 9.17) is 5.73 Å². The maximum absolute atomic E-state index is 12.7. The first kappa shape index (κ1) is 13.0. The molecule has 0 unspecified atom stereocenters. The van der Waals surface area contributed by atoms with Crippen molar-refractivity contribution in [1.29, 1.82) is 0 Å². The summed E-state index contributed by atoms with van der Waals surface area (Å²) in [5, 5.41) is 0. The molecule has 5 heteroatoms. The summed E-state index contributed by atoms with van der Waals surface area (Å²) in [5.74, 6) is -0.866. The highest BCUT2D eigenvalue weighted by atomic mass is 19.4. The van der Waals surface area contributed by atoms with E-state index in [0.29, 0.717) is 25.5 Å². The van der Waals surface area contributed by atoms with Crippen molar-refractivity contribution in [2.75, 3.05) is 6.54 Å². The van der Waals surface area contributed by atoms with Crippen molar-refractivity contribution in [2.45, 2.75) is 25.4 Å². The summed E-state index contributed by atoms with van der Waals surface area (Å²) in [7, 11) is 0. The van der Waals surface area contributed by atoms with Gasteiger partial charge in [0.25, 0.3) is 0 Å². The van der Waals surface area contributed by atoms with Crippen molar-refractivity contribution >= 4 is 0 Å². The Bertz CT molecular complexity index is 346. The zero-order valence-corrected chi connectivity index (χ0v) is 8.65. The first-order chi connectivity index (χ1) is 7.45. The van der Waals surface area contributed by atoms with Gasteiger partial charge in [-0.05, 0) is 43.5 Å². The molecule has 0 amide bonds. The Morgan fingerprint density at radius 3 is 2.38 bits per heavy atom. The van der Waals surface area contributed by atoms with Gasteiger partial charge in [0.2, 0.25) is 0 Å². The number of unbranched alkanes of at least 4 members (excludes halogenated alkanes) is 1. The molecule has 0 aliphatic carbocycles. The Kier molecular flexibility index (Phi) is 4.29. The maximum atomic E-state index is 12.7. The number of benzene rings is 1. The van der Waals surface area contributed by atoms with Crippen molar-refractivity contribution in [3.8, 4) is 0 Å². The Balaban J connectivity index is 2.90. The Morgan fingerprint density at radius 2 is 1.81 bits per heavy atom. The third kappa shape index (κ3) is 3.48. The van der Waals surface area contributed by atoms with Crippen LogP contribution in [0.3, 0.4) is 0 Å². The number of nitrogens with two attached hydrogens (primary N) is 1. The van der Waals surface area contributed by atoms with E-state index in [2.05, 4.69) is 0 Å². The fourth-order valence-corrected chi connectivity index (χ4v) is 1.49. The van der Waals surface area contributed by atoms with Crippen LogP contribution in [0.15, 0.2) is 18.2 Å². The van der Waals surface area contributed by atoms with E-state index >= 15 is 0 Å². The minimum absolute atomic E-state index is 0.127. The number of aryl methyl sites for hydroxylation is 1. The summed E-state index contributed by atoms with van der Waals surface area (Å²) in [6, 6.07) is 2.78. The van der Waals surface area contributed by atoms with Gasteiger partial charge in [-0.1, -0.05) is 6.07 Å². The molecule has 0 saturated carbocycles. The van der Waals surface area contributed by atoms with Crippen molar-refractivity contribution < 1.29 is 17.6 Å². The fourth-order valence-electron chi connectivity index (χ4n) is 1.49. The van der Waals surface area contributed by atoms with Gasteiger partial charge in [-0.15, -0.1) is 0 Å². The van der Waals surface area contributed by atoms with Gasteiger partial charge in [-0.25, -0.2) is 4.39 Å². The van der Waals surface area contributed by atoms with Gasteiger partial charge in [0.05, 0.1) is 5.56 Å². The summed E-state index contributed by atoms with van der Waals surface area (Å²) < 4.78 is 50.4. The number of hydrogen-bond donors (Lipinski definition) is 1. The first-order valence-corrected chi connectivity index (χ1v) is 5.01. The molecule has 0 atom stereocenters. The largest absolute Gasteiger partial charge is 0.416 e. The second kappa shape index (κ2) is 5.30. The topological polar surface area (TPSA) is 26.0 Å². The molecule has 0 spiro atoms. The predicted molar refractivity (Wildman–Crippen MR) is 53.4 cm³/mol. The number of alkyl halides is 3. The highest BCUT2D eigenvalue weighted by molar-refractivity contribution is 5.30. The molecule has 1 aromatic rings. The molecule has 1 rings (SSSR count). The molecule has 0 aliphatic heterocycles. The van der Waals surface area contributed by atoms with E-state index < -0.39 is 17.6 Å². The van der Waals surface area contributed by atoms with Crippen LogP contribution >= 0.6 is 0 Å². The molecule has 1 aromatic carbocycles. The van der Waals surface area contributed by atoms with E-state index in [1.54, 1.807) is 0 Å². The van der Waals surface area contributed by atoms with E-state index in [-0.39, 0.29) is 12.0 Å². The first-order valence-electron chi connectivity index (χ1n) is 5.01. The molecule has 16 heavy (non-hydrogen) atoms. The quantitative estimate of drug-likeness (QED) is 0.629. The van der Waals surface area contributed by atoms with E-state index in [0.717, 1.165) is 6.07 Å². The molecule has 2 N–H and O–H groups in total. The lowest BCUT2D eigenvalue weighted by Crippen LogP contribution is -2.10. The van der Waals surface area contributed by atoms with Gasteiger partial charge < -0.3 is 5.73 Å². The third-order valence-corrected chi connectivity index (χ3v) is 2.28. The van der Waals surface area contributed by atoms with Crippen LogP contribution in [0.5, 0.6) is 0 Å². The van der Waals surface area contributed by atoms with Crippen LogP contribution in [0.2, 0.25) is 0 Å². The van der Waals surface area contributed by atoms with Crippen LogP contribution < -0.4 is 5.73 Å².